The quantitative estimate of drug-likeness (QED) is 0.455. The van der Waals surface area contributed by atoms with Crippen LogP contribution in [0.3, 0.4) is 0 Å². The topological polar surface area (TPSA) is 17.1 Å². The van der Waals surface area contributed by atoms with Crippen LogP contribution in [0.5, 0.6) is 0 Å². The fraction of sp³-hybridized carbons (Fsp3) is 0.500. The van der Waals surface area contributed by atoms with Crippen LogP contribution in [0.1, 0.15) is 19.8 Å². The molecular weight excluding hydrogens is 120 g/mol. The molecule has 0 amide bonds. The molecule has 0 saturated carbocycles. The summed E-state index contributed by atoms with van der Waals surface area (Å²) in [6, 6.07) is 0. The van der Waals surface area contributed by atoms with Gasteiger partial charge in [-0.15, -0.1) is 12.6 Å². The standard InChI is InChI=1S/C6H10OS/c1-2-3-4-5-6(7)8/h4-5H,2-3H2,1H3,(H,7,8)/b5-4+. The Balaban J connectivity index is 3.20. The summed E-state index contributed by atoms with van der Waals surface area (Å²) in [6.45, 7) is 2.06. The van der Waals surface area contributed by atoms with Gasteiger partial charge in [0, 0.05) is 0 Å². The Hall–Kier alpha value is -0.240. The zero-order valence-electron chi connectivity index (χ0n) is 4.92. The molecule has 0 aromatic carbocycles. The van der Waals surface area contributed by atoms with E-state index in [2.05, 4.69) is 19.6 Å². The van der Waals surface area contributed by atoms with Crippen molar-refractivity contribution in [2.24, 2.45) is 0 Å². The summed E-state index contributed by atoms with van der Waals surface area (Å²) in [7, 11) is 0. The molecule has 1 nitrogen and oxygen atoms in total. The minimum absolute atomic E-state index is 0.168. The maximum Gasteiger partial charge on any atom is 0.208 e. The number of allylic oxidation sites excluding steroid dienone is 1. The lowest BCUT2D eigenvalue weighted by Crippen LogP contribution is -1.73. The van der Waals surface area contributed by atoms with Crippen LogP contribution < -0.4 is 0 Å². The largest absolute Gasteiger partial charge is 0.283 e. The van der Waals surface area contributed by atoms with E-state index in [1.807, 2.05) is 6.08 Å². The first-order valence-corrected chi connectivity index (χ1v) is 3.11. The van der Waals surface area contributed by atoms with Crippen LogP contribution in [0.25, 0.3) is 0 Å². The zero-order valence-corrected chi connectivity index (χ0v) is 5.82. The molecule has 0 aromatic rings. The molecule has 46 valence electrons. The van der Waals surface area contributed by atoms with Crippen LogP contribution >= 0.6 is 12.6 Å². The number of rotatable bonds is 3. The van der Waals surface area contributed by atoms with Crippen molar-refractivity contribution in [2.75, 3.05) is 0 Å². The van der Waals surface area contributed by atoms with E-state index in [9.17, 15) is 4.79 Å². The lowest BCUT2D eigenvalue weighted by Gasteiger charge is -1.79. The van der Waals surface area contributed by atoms with Crippen molar-refractivity contribution in [3.8, 4) is 0 Å². The molecule has 0 spiro atoms. The Bertz CT molecular complexity index is 96.7. The second-order valence-corrected chi connectivity index (χ2v) is 1.97. The molecule has 0 unspecified atom stereocenters. The summed E-state index contributed by atoms with van der Waals surface area (Å²) in [4.78, 5) is 10.1. The molecule has 0 aliphatic heterocycles. The second-order valence-electron chi connectivity index (χ2n) is 1.53. The lowest BCUT2D eigenvalue weighted by molar-refractivity contribution is -0.106. The van der Waals surface area contributed by atoms with Crippen molar-refractivity contribution in [3.63, 3.8) is 0 Å². The van der Waals surface area contributed by atoms with Crippen molar-refractivity contribution in [1.29, 1.82) is 0 Å². The Morgan fingerprint density at radius 3 is 2.75 bits per heavy atom. The van der Waals surface area contributed by atoms with Crippen LogP contribution in [-0.2, 0) is 4.79 Å². The van der Waals surface area contributed by atoms with E-state index in [4.69, 9.17) is 0 Å². The average Bonchev–Trinajstić information content (AvgIpc) is 1.66. The number of thiol groups is 1. The van der Waals surface area contributed by atoms with E-state index in [1.54, 1.807) is 0 Å². The Kier molecular flexibility index (Phi) is 4.76. The van der Waals surface area contributed by atoms with Gasteiger partial charge in [-0.1, -0.05) is 19.4 Å². The normalized spacial score (nSPS) is 10.2. The van der Waals surface area contributed by atoms with Gasteiger partial charge in [0.05, 0.1) is 0 Å². The van der Waals surface area contributed by atoms with Gasteiger partial charge in [0.15, 0.2) is 0 Å². The van der Waals surface area contributed by atoms with Crippen molar-refractivity contribution in [3.05, 3.63) is 12.2 Å². The van der Waals surface area contributed by atoms with Gasteiger partial charge in [0.25, 0.3) is 0 Å². The van der Waals surface area contributed by atoms with Gasteiger partial charge in [-0.25, -0.2) is 0 Å². The van der Waals surface area contributed by atoms with E-state index >= 15 is 0 Å². The maximum absolute atomic E-state index is 10.1. The molecule has 0 rings (SSSR count). The summed E-state index contributed by atoms with van der Waals surface area (Å²) in [5, 5.41) is -0.168. The van der Waals surface area contributed by atoms with Crippen LogP contribution in [0.2, 0.25) is 0 Å². The zero-order chi connectivity index (χ0) is 6.41. The highest BCUT2D eigenvalue weighted by atomic mass is 32.1. The molecule has 0 radical (unpaired) electrons. The van der Waals surface area contributed by atoms with Crippen molar-refractivity contribution in [2.45, 2.75) is 19.8 Å². The van der Waals surface area contributed by atoms with E-state index < -0.39 is 0 Å². The third-order valence-electron chi connectivity index (χ3n) is 0.716. The van der Waals surface area contributed by atoms with E-state index in [0.29, 0.717) is 0 Å². The summed E-state index contributed by atoms with van der Waals surface area (Å²) >= 11 is 3.55. The number of carbonyl (C=O) groups excluding carboxylic acids is 1. The molecular formula is C6H10OS. The summed E-state index contributed by atoms with van der Waals surface area (Å²) in [5.41, 5.74) is 0. The fourth-order valence-electron chi connectivity index (χ4n) is 0.351. The van der Waals surface area contributed by atoms with Gasteiger partial charge >= 0.3 is 0 Å². The molecule has 0 heterocycles. The van der Waals surface area contributed by atoms with Crippen LogP contribution in [-0.4, -0.2) is 5.12 Å². The monoisotopic (exact) mass is 130 g/mol. The Morgan fingerprint density at radius 2 is 2.38 bits per heavy atom. The number of carbonyl (C=O) groups is 1. The maximum atomic E-state index is 10.1. The first-order chi connectivity index (χ1) is 3.77. The molecule has 0 saturated heterocycles. The highest BCUT2D eigenvalue weighted by Crippen LogP contribution is 1.89. The molecule has 0 N–H and O–H groups in total. The van der Waals surface area contributed by atoms with Gasteiger partial charge < -0.3 is 0 Å². The molecule has 0 fully saturated rings. The van der Waals surface area contributed by atoms with Crippen molar-refractivity contribution < 1.29 is 4.79 Å². The predicted octanol–water partition coefficient (Wildman–Crippen LogP) is 1.80. The Labute approximate surface area is 55.2 Å². The second kappa shape index (κ2) is 4.91. The van der Waals surface area contributed by atoms with E-state index in [0.717, 1.165) is 12.8 Å². The number of unbranched alkanes of at least 4 members (excludes halogenated alkanes) is 1. The van der Waals surface area contributed by atoms with Crippen LogP contribution in [0.4, 0.5) is 0 Å². The first-order valence-electron chi connectivity index (χ1n) is 2.67. The molecule has 0 atom stereocenters. The average molecular weight is 130 g/mol. The number of hydrogen-bond donors (Lipinski definition) is 1. The fourth-order valence-corrected chi connectivity index (χ4v) is 0.456. The highest BCUT2D eigenvalue weighted by Gasteiger charge is 1.79. The molecule has 0 aromatic heterocycles. The predicted molar refractivity (Wildman–Crippen MR) is 38.0 cm³/mol. The summed E-state index contributed by atoms with van der Waals surface area (Å²) in [5.74, 6) is 0. The minimum atomic E-state index is -0.168. The first kappa shape index (κ1) is 7.76. The van der Waals surface area contributed by atoms with Crippen LogP contribution in [0, 0.1) is 0 Å². The molecule has 8 heavy (non-hydrogen) atoms. The van der Waals surface area contributed by atoms with Crippen molar-refractivity contribution >= 4 is 17.7 Å². The summed E-state index contributed by atoms with van der Waals surface area (Å²) < 4.78 is 0. The SMILES string of the molecule is CCC/C=C/C(=O)S. The smallest absolute Gasteiger partial charge is 0.208 e. The van der Waals surface area contributed by atoms with Crippen LogP contribution in [0.15, 0.2) is 12.2 Å². The minimum Gasteiger partial charge on any atom is -0.283 e. The Morgan fingerprint density at radius 1 is 1.75 bits per heavy atom. The van der Waals surface area contributed by atoms with E-state index in [1.165, 1.54) is 6.08 Å². The van der Waals surface area contributed by atoms with E-state index in [-0.39, 0.29) is 5.12 Å². The lowest BCUT2D eigenvalue weighted by atomic mass is 10.3. The molecule has 2 heteroatoms. The molecule has 0 bridgehead atoms. The number of hydrogen-bond acceptors (Lipinski definition) is 1. The van der Waals surface area contributed by atoms with Gasteiger partial charge in [-0.2, -0.15) is 0 Å². The highest BCUT2D eigenvalue weighted by molar-refractivity contribution is 7.97. The third kappa shape index (κ3) is 5.76. The van der Waals surface area contributed by atoms with Crippen molar-refractivity contribution in [1.82, 2.24) is 0 Å². The van der Waals surface area contributed by atoms with Gasteiger partial charge in [0.2, 0.25) is 5.12 Å². The molecule has 0 aliphatic rings. The van der Waals surface area contributed by atoms with Gasteiger partial charge in [-0.3, -0.25) is 4.79 Å². The summed E-state index contributed by atoms with van der Waals surface area (Å²) in [6.07, 6.45) is 5.35. The van der Waals surface area contributed by atoms with Gasteiger partial charge in [-0.05, 0) is 12.5 Å². The third-order valence-corrected chi connectivity index (χ3v) is 0.865. The van der Waals surface area contributed by atoms with Gasteiger partial charge in [0.1, 0.15) is 0 Å². The molecule has 0 aliphatic carbocycles.